The Bertz CT molecular complexity index is 777. The van der Waals surface area contributed by atoms with Crippen molar-refractivity contribution in [2.75, 3.05) is 40.0 Å². The van der Waals surface area contributed by atoms with Crippen molar-refractivity contribution in [3.63, 3.8) is 0 Å². The van der Waals surface area contributed by atoms with Gasteiger partial charge in [-0.15, -0.1) is 0 Å². The predicted molar refractivity (Wildman–Crippen MR) is 113 cm³/mol. The summed E-state index contributed by atoms with van der Waals surface area (Å²) in [6.45, 7) is 10.1. The Labute approximate surface area is 170 Å². The molecule has 1 fully saturated rings. The summed E-state index contributed by atoms with van der Waals surface area (Å²) in [5.74, 6) is 1.17. The molecule has 2 aliphatic rings. The number of nitrogens with zero attached hydrogens (tertiary/aromatic N) is 2. The van der Waals surface area contributed by atoms with E-state index in [4.69, 9.17) is 14.2 Å². The summed E-state index contributed by atoms with van der Waals surface area (Å²) in [4.78, 5) is 19.2. The maximum Gasteiger partial charge on any atom is 0.286 e. The fraction of sp³-hybridized carbons (Fsp3) is 0.524. The zero-order chi connectivity index (χ0) is 20.1. The lowest BCUT2D eigenvalue weighted by Gasteiger charge is -2.27. The molecule has 2 aliphatic heterocycles. The predicted octanol–water partition coefficient (Wildman–Crippen LogP) is 3.81. The average Bonchev–Trinajstić information content (AvgIpc) is 3.03. The lowest BCUT2D eigenvalue weighted by Crippen LogP contribution is -2.38. The number of morpholine rings is 1. The number of aliphatic imine (C=N–C) groups is 1. The van der Waals surface area contributed by atoms with Gasteiger partial charge in [-0.1, -0.05) is 26.8 Å². The number of thioether (sulfide) groups is 1. The topological polar surface area (TPSA) is 60.4 Å². The molecule has 7 heteroatoms. The minimum atomic E-state index is -0.198. The molecule has 1 aromatic carbocycles. The maximum atomic E-state index is 12.3. The lowest BCUT2D eigenvalue weighted by atomic mass is 9.93. The number of methoxy groups -OCH3 is 1. The molecular weight excluding hydrogens is 376 g/mol. The van der Waals surface area contributed by atoms with E-state index in [0.717, 1.165) is 30.2 Å². The van der Waals surface area contributed by atoms with Gasteiger partial charge < -0.3 is 19.1 Å². The molecule has 152 valence electrons. The van der Waals surface area contributed by atoms with Gasteiger partial charge in [0.25, 0.3) is 5.91 Å². The number of amides is 1. The van der Waals surface area contributed by atoms with Gasteiger partial charge in [-0.3, -0.25) is 4.79 Å². The number of benzene rings is 1. The van der Waals surface area contributed by atoms with Crippen LogP contribution in [0.4, 0.5) is 0 Å². The van der Waals surface area contributed by atoms with E-state index in [1.807, 2.05) is 24.3 Å². The van der Waals surface area contributed by atoms with Crippen LogP contribution in [-0.2, 0) is 9.53 Å². The molecule has 3 rings (SSSR count). The third-order valence-corrected chi connectivity index (χ3v) is 5.53. The van der Waals surface area contributed by atoms with Crippen LogP contribution in [0.1, 0.15) is 32.8 Å². The van der Waals surface area contributed by atoms with Crippen molar-refractivity contribution in [1.82, 2.24) is 4.90 Å². The quantitative estimate of drug-likeness (QED) is 0.696. The Morgan fingerprint density at radius 2 is 2.00 bits per heavy atom. The normalized spacial score (nSPS) is 19.1. The van der Waals surface area contributed by atoms with Gasteiger partial charge >= 0.3 is 0 Å². The molecule has 0 unspecified atom stereocenters. The number of amidine groups is 1. The molecule has 0 saturated carbocycles. The van der Waals surface area contributed by atoms with Crippen molar-refractivity contribution in [2.45, 2.75) is 27.2 Å². The molecule has 0 N–H and O–H groups in total. The fourth-order valence-electron chi connectivity index (χ4n) is 2.80. The highest BCUT2D eigenvalue weighted by molar-refractivity contribution is 8.18. The maximum absolute atomic E-state index is 12.3. The van der Waals surface area contributed by atoms with Crippen molar-refractivity contribution in [3.05, 3.63) is 28.7 Å². The van der Waals surface area contributed by atoms with Gasteiger partial charge in [0.1, 0.15) is 0 Å². The van der Waals surface area contributed by atoms with Gasteiger partial charge in [-0.2, -0.15) is 4.99 Å². The molecule has 1 saturated heterocycles. The first-order valence-corrected chi connectivity index (χ1v) is 10.3. The van der Waals surface area contributed by atoms with Crippen molar-refractivity contribution in [2.24, 2.45) is 10.4 Å². The van der Waals surface area contributed by atoms with Gasteiger partial charge in [0, 0.05) is 13.1 Å². The Balaban J connectivity index is 1.67. The van der Waals surface area contributed by atoms with Crippen LogP contribution in [0, 0.1) is 5.41 Å². The van der Waals surface area contributed by atoms with Crippen molar-refractivity contribution in [3.8, 4) is 11.5 Å². The lowest BCUT2D eigenvalue weighted by molar-refractivity contribution is -0.113. The van der Waals surface area contributed by atoms with Crippen molar-refractivity contribution < 1.29 is 19.0 Å². The van der Waals surface area contributed by atoms with Gasteiger partial charge in [0.2, 0.25) is 0 Å². The Hall–Kier alpha value is -1.99. The van der Waals surface area contributed by atoms with Crippen LogP contribution >= 0.6 is 11.8 Å². The summed E-state index contributed by atoms with van der Waals surface area (Å²) in [6.07, 6.45) is 2.81. The van der Waals surface area contributed by atoms with Crippen LogP contribution in [0.25, 0.3) is 6.08 Å². The van der Waals surface area contributed by atoms with E-state index in [-0.39, 0.29) is 11.3 Å². The molecule has 0 aromatic heterocycles. The van der Waals surface area contributed by atoms with Gasteiger partial charge in [-0.25, -0.2) is 0 Å². The van der Waals surface area contributed by atoms with Crippen LogP contribution in [0.3, 0.4) is 0 Å². The third kappa shape index (κ3) is 5.52. The van der Waals surface area contributed by atoms with Crippen LogP contribution in [0.5, 0.6) is 11.5 Å². The molecule has 1 amide bonds. The van der Waals surface area contributed by atoms with Gasteiger partial charge in [-0.05, 0) is 47.4 Å². The highest BCUT2D eigenvalue weighted by Crippen LogP contribution is 2.34. The molecule has 0 bridgehead atoms. The number of hydrogen-bond acceptors (Lipinski definition) is 6. The van der Waals surface area contributed by atoms with Crippen LogP contribution < -0.4 is 9.47 Å². The van der Waals surface area contributed by atoms with Gasteiger partial charge in [0.05, 0.1) is 31.8 Å². The van der Waals surface area contributed by atoms with Gasteiger partial charge in [0.15, 0.2) is 16.7 Å². The molecule has 0 atom stereocenters. The molecule has 2 heterocycles. The first-order valence-electron chi connectivity index (χ1n) is 9.52. The molecule has 0 aliphatic carbocycles. The number of carbonyl (C=O) groups is 1. The average molecular weight is 405 g/mol. The molecular formula is C21H28N2O4S. The first kappa shape index (κ1) is 20.7. The first-order chi connectivity index (χ1) is 13.4. The summed E-state index contributed by atoms with van der Waals surface area (Å²) < 4.78 is 16.7. The largest absolute Gasteiger partial charge is 0.493 e. The molecule has 6 nitrogen and oxygen atoms in total. The van der Waals surface area contributed by atoms with E-state index in [1.165, 1.54) is 11.8 Å². The van der Waals surface area contributed by atoms with Crippen LogP contribution in [-0.4, -0.2) is 56.0 Å². The van der Waals surface area contributed by atoms with Crippen LogP contribution in [0.15, 0.2) is 28.1 Å². The van der Waals surface area contributed by atoms with E-state index in [1.54, 1.807) is 7.11 Å². The summed E-state index contributed by atoms with van der Waals surface area (Å²) in [7, 11) is 1.62. The second-order valence-electron chi connectivity index (χ2n) is 7.98. The number of carbonyl (C=O) groups excluding carboxylic acids is 1. The zero-order valence-corrected chi connectivity index (χ0v) is 17.8. The van der Waals surface area contributed by atoms with E-state index in [9.17, 15) is 4.79 Å². The SMILES string of the molecule is COc1cc(/C=C2\SC(N3CCOCC3)=NC2=O)ccc1OCCC(C)(C)C. The highest BCUT2D eigenvalue weighted by atomic mass is 32.2. The Kier molecular flexibility index (Phi) is 6.67. The minimum absolute atomic E-state index is 0.198. The molecule has 28 heavy (non-hydrogen) atoms. The number of rotatable bonds is 5. The standard InChI is InChI=1S/C21H28N2O4S/c1-21(2,3)7-10-27-16-6-5-15(13-17(16)25-4)14-18-19(24)22-20(28-18)23-8-11-26-12-9-23/h5-6,13-14H,7-12H2,1-4H3/b18-14-. The van der Waals surface area contributed by atoms with Crippen molar-refractivity contribution in [1.29, 1.82) is 0 Å². The molecule has 0 spiro atoms. The Morgan fingerprint density at radius 1 is 1.25 bits per heavy atom. The van der Waals surface area contributed by atoms with E-state index >= 15 is 0 Å². The number of hydrogen-bond donors (Lipinski definition) is 0. The second kappa shape index (κ2) is 9.01. The monoisotopic (exact) mass is 404 g/mol. The molecule has 1 aromatic rings. The van der Waals surface area contributed by atoms with Crippen molar-refractivity contribution >= 4 is 28.9 Å². The number of ether oxygens (including phenoxy) is 3. The highest BCUT2D eigenvalue weighted by Gasteiger charge is 2.27. The summed E-state index contributed by atoms with van der Waals surface area (Å²) in [6, 6.07) is 5.71. The third-order valence-electron chi connectivity index (χ3n) is 4.49. The summed E-state index contributed by atoms with van der Waals surface area (Å²) in [5.41, 5.74) is 1.10. The molecule has 0 radical (unpaired) electrons. The van der Waals surface area contributed by atoms with E-state index in [2.05, 4.69) is 30.7 Å². The van der Waals surface area contributed by atoms with E-state index in [0.29, 0.717) is 36.2 Å². The van der Waals surface area contributed by atoms with Crippen LogP contribution in [0.2, 0.25) is 0 Å². The minimum Gasteiger partial charge on any atom is -0.493 e. The zero-order valence-electron chi connectivity index (χ0n) is 17.0. The fourth-order valence-corrected chi connectivity index (χ4v) is 3.76. The second-order valence-corrected chi connectivity index (χ2v) is 8.99. The summed E-state index contributed by atoms with van der Waals surface area (Å²) >= 11 is 1.41. The summed E-state index contributed by atoms with van der Waals surface area (Å²) in [5, 5.41) is 0.758. The van der Waals surface area contributed by atoms with E-state index < -0.39 is 0 Å². The smallest absolute Gasteiger partial charge is 0.286 e. The Morgan fingerprint density at radius 3 is 2.68 bits per heavy atom.